The zero-order valence-electron chi connectivity index (χ0n) is 16.0. The molecule has 1 unspecified atom stereocenters. The number of ether oxygens (including phenoxy) is 1. The number of benzene rings is 2. The van der Waals surface area contributed by atoms with Crippen LogP contribution in [0.1, 0.15) is 25.1 Å². The molecule has 7 heteroatoms. The number of aromatic nitrogens is 3. The molecule has 4 aromatic rings. The Balaban J connectivity index is 1.37. The molecule has 7 nitrogen and oxygen atoms in total. The van der Waals surface area contributed by atoms with Gasteiger partial charge in [0.15, 0.2) is 5.82 Å². The van der Waals surface area contributed by atoms with E-state index in [0.29, 0.717) is 31.3 Å². The predicted molar refractivity (Wildman–Crippen MR) is 109 cm³/mol. The molecule has 1 atom stereocenters. The van der Waals surface area contributed by atoms with Crippen molar-refractivity contribution < 1.29 is 14.1 Å². The third-order valence-electron chi connectivity index (χ3n) is 5.22. The Morgan fingerprint density at radius 3 is 2.90 bits per heavy atom. The van der Waals surface area contributed by atoms with Crippen molar-refractivity contribution in [1.29, 1.82) is 0 Å². The van der Waals surface area contributed by atoms with Crippen molar-refractivity contribution in [3.8, 4) is 17.2 Å². The predicted octanol–water partition coefficient (Wildman–Crippen LogP) is 4.14. The van der Waals surface area contributed by atoms with Crippen molar-refractivity contribution in [3.05, 3.63) is 60.6 Å². The quantitative estimate of drug-likeness (QED) is 0.555. The zero-order chi connectivity index (χ0) is 19.8. The second-order valence-corrected chi connectivity index (χ2v) is 7.03. The Morgan fingerprint density at radius 2 is 2.07 bits per heavy atom. The average Bonchev–Trinajstić information content (AvgIpc) is 3.48. The molecule has 1 aliphatic rings. The zero-order valence-corrected chi connectivity index (χ0v) is 16.0. The average molecular weight is 388 g/mol. The van der Waals surface area contributed by atoms with Gasteiger partial charge in [0.25, 0.3) is 5.89 Å². The van der Waals surface area contributed by atoms with Gasteiger partial charge < -0.3 is 19.1 Å². The highest BCUT2D eigenvalue weighted by Crippen LogP contribution is 2.33. The van der Waals surface area contributed by atoms with Crippen molar-refractivity contribution in [1.82, 2.24) is 15.1 Å². The van der Waals surface area contributed by atoms with Crippen LogP contribution in [0.25, 0.3) is 22.4 Å². The summed E-state index contributed by atoms with van der Waals surface area (Å²) in [4.78, 5) is 22.1. The maximum atomic E-state index is 12.6. The number of rotatable bonds is 5. The molecule has 0 saturated carbocycles. The van der Waals surface area contributed by atoms with Crippen molar-refractivity contribution in [2.24, 2.45) is 0 Å². The van der Waals surface area contributed by atoms with Gasteiger partial charge in [0, 0.05) is 47.2 Å². The summed E-state index contributed by atoms with van der Waals surface area (Å²) in [5, 5.41) is 5.20. The molecule has 5 rings (SSSR count). The molecule has 29 heavy (non-hydrogen) atoms. The molecule has 2 aromatic heterocycles. The number of nitrogens with one attached hydrogen (secondary N) is 1. The van der Waals surface area contributed by atoms with Gasteiger partial charge in [0.1, 0.15) is 5.75 Å². The number of hydrogen-bond acceptors (Lipinski definition) is 5. The van der Waals surface area contributed by atoms with E-state index >= 15 is 0 Å². The fraction of sp³-hybridized carbons (Fsp3) is 0.227. The maximum absolute atomic E-state index is 12.6. The molecule has 0 bridgehead atoms. The molecular formula is C22H20N4O3. The smallest absolute Gasteiger partial charge is 0.258 e. The molecular weight excluding hydrogens is 368 g/mol. The molecule has 2 aromatic carbocycles. The standard InChI is InChI=1S/C22H20N4O3/c1-2-28-16-8-6-15(7-9-16)26-13-14(12-20(26)27)21-24-22(29-25-21)18-4-3-5-19-17(18)10-11-23-19/h3-11,14,23H,2,12-13H2,1H3. The first-order valence-corrected chi connectivity index (χ1v) is 9.66. The minimum absolute atomic E-state index is 0.0539. The van der Waals surface area contributed by atoms with Gasteiger partial charge in [-0.1, -0.05) is 11.2 Å². The van der Waals surface area contributed by atoms with E-state index in [4.69, 9.17) is 9.26 Å². The minimum Gasteiger partial charge on any atom is -0.494 e. The number of H-pyrrole nitrogens is 1. The van der Waals surface area contributed by atoms with Crippen LogP contribution in [0.15, 0.2) is 59.3 Å². The van der Waals surface area contributed by atoms with Gasteiger partial charge in [-0.2, -0.15) is 4.98 Å². The number of aromatic amines is 1. The van der Waals surface area contributed by atoms with Crippen molar-refractivity contribution >= 4 is 22.5 Å². The van der Waals surface area contributed by atoms with Gasteiger partial charge in [-0.3, -0.25) is 4.79 Å². The van der Waals surface area contributed by atoms with Gasteiger partial charge in [-0.15, -0.1) is 0 Å². The van der Waals surface area contributed by atoms with Crippen LogP contribution in [0.4, 0.5) is 5.69 Å². The lowest BCUT2D eigenvalue weighted by Gasteiger charge is -2.16. The molecule has 0 spiro atoms. The van der Waals surface area contributed by atoms with E-state index in [1.54, 1.807) is 4.90 Å². The first-order chi connectivity index (χ1) is 14.2. The number of hydrogen-bond donors (Lipinski definition) is 1. The van der Waals surface area contributed by atoms with E-state index in [2.05, 4.69) is 15.1 Å². The number of fused-ring (bicyclic) bond motifs is 1. The number of carbonyl (C=O) groups is 1. The summed E-state index contributed by atoms with van der Waals surface area (Å²) in [6, 6.07) is 15.5. The van der Waals surface area contributed by atoms with Crippen LogP contribution in [-0.2, 0) is 4.79 Å². The summed E-state index contributed by atoms with van der Waals surface area (Å²) < 4.78 is 11.0. The van der Waals surface area contributed by atoms with Crippen LogP contribution >= 0.6 is 0 Å². The van der Waals surface area contributed by atoms with Crippen molar-refractivity contribution in [3.63, 3.8) is 0 Å². The molecule has 3 heterocycles. The summed E-state index contributed by atoms with van der Waals surface area (Å²) in [5.74, 6) is 1.78. The molecule has 0 radical (unpaired) electrons. The van der Waals surface area contributed by atoms with Crippen molar-refractivity contribution in [2.75, 3.05) is 18.1 Å². The lowest BCUT2D eigenvalue weighted by molar-refractivity contribution is -0.117. The molecule has 1 aliphatic heterocycles. The topological polar surface area (TPSA) is 84.2 Å². The lowest BCUT2D eigenvalue weighted by atomic mass is 10.1. The van der Waals surface area contributed by atoms with Crippen LogP contribution in [0, 0.1) is 0 Å². The van der Waals surface area contributed by atoms with Crippen LogP contribution in [0.2, 0.25) is 0 Å². The number of anilines is 1. The first kappa shape index (κ1) is 17.5. The highest BCUT2D eigenvalue weighted by atomic mass is 16.5. The largest absolute Gasteiger partial charge is 0.494 e. The highest BCUT2D eigenvalue weighted by Gasteiger charge is 2.34. The Morgan fingerprint density at radius 1 is 1.21 bits per heavy atom. The molecule has 1 amide bonds. The fourth-order valence-corrected chi connectivity index (χ4v) is 3.80. The van der Waals surface area contributed by atoms with Crippen LogP contribution in [0.3, 0.4) is 0 Å². The van der Waals surface area contributed by atoms with Crippen LogP contribution < -0.4 is 9.64 Å². The van der Waals surface area contributed by atoms with E-state index in [-0.39, 0.29) is 11.8 Å². The third kappa shape index (κ3) is 3.14. The Labute approximate surface area is 167 Å². The van der Waals surface area contributed by atoms with Gasteiger partial charge >= 0.3 is 0 Å². The lowest BCUT2D eigenvalue weighted by Crippen LogP contribution is -2.24. The van der Waals surface area contributed by atoms with E-state index in [1.807, 2.05) is 61.7 Å². The molecule has 146 valence electrons. The van der Waals surface area contributed by atoms with Gasteiger partial charge in [0.2, 0.25) is 5.91 Å². The summed E-state index contributed by atoms with van der Waals surface area (Å²) in [5.41, 5.74) is 2.75. The second kappa shape index (κ2) is 7.09. The SMILES string of the molecule is CCOc1ccc(N2CC(c3noc(-c4cccc5[nH]ccc45)n3)CC2=O)cc1. The third-order valence-corrected chi connectivity index (χ3v) is 5.22. The number of nitrogens with zero attached hydrogens (tertiary/aromatic N) is 3. The molecule has 1 saturated heterocycles. The Bertz CT molecular complexity index is 1160. The van der Waals surface area contributed by atoms with E-state index in [9.17, 15) is 4.79 Å². The normalized spacial score (nSPS) is 16.7. The number of amides is 1. The Kier molecular flexibility index (Phi) is 4.27. The van der Waals surface area contributed by atoms with Gasteiger partial charge in [-0.25, -0.2) is 0 Å². The second-order valence-electron chi connectivity index (χ2n) is 7.03. The monoisotopic (exact) mass is 388 g/mol. The summed E-state index contributed by atoms with van der Waals surface area (Å²) in [6.07, 6.45) is 2.25. The van der Waals surface area contributed by atoms with Gasteiger partial charge in [-0.05, 0) is 49.4 Å². The van der Waals surface area contributed by atoms with E-state index in [1.165, 1.54) is 0 Å². The minimum atomic E-state index is -0.100. The maximum Gasteiger partial charge on any atom is 0.258 e. The summed E-state index contributed by atoms with van der Waals surface area (Å²) in [6.45, 7) is 3.08. The van der Waals surface area contributed by atoms with Crippen LogP contribution in [-0.4, -0.2) is 34.2 Å². The van der Waals surface area contributed by atoms with Crippen LogP contribution in [0.5, 0.6) is 5.75 Å². The highest BCUT2D eigenvalue weighted by molar-refractivity contribution is 5.96. The molecule has 0 aliphatic carbocycles. The molecule has 1 N–H and O–H groups in total. The van der Waals surface area contributed by atoms with Gasteiger partial charge in [0.05, 0.1) is 6.61 Å². The first-order valence-electron chi connectivity index (χ1n) is 9.66. The van der Waals surface area contributed by atoms with E-state index < -0.39 is 0 Å². The number of carbonyl (C=O) groups excluding carboxylic acids is 1. The van der Waals surface area contributed by atoms with E-state index in [0.717, 1.165) is 27.9 Å². The molecule has 1 fully saturated rings. The fourth-order valence-electron chi connectivity index (χ4n) is 3.80. The summed E-state index contributed by atoms with van der Waals surface area (Å²) in [7, 11) is 0. The summed E-state index contributed by atoms with van der Waals surface area (Å²) >= 11 is 0. The Hall–Kier alpha value is -3.61. The van der Waals surface area contributed by atoms with Crippen molar-refractivity contribution in [2.45, 2.75) is 19.3 Å².